The Morgan fingerprint density at radius 2 is 1.21 bits per heavy atom. The lowest BCUT2D eigenvalue weighted by Crippen LogP contribution is -2.45. The minimum atomic E-state index is -0.184. The van der Waals surface area contributed by atoms with Crippen molar-refractivity contribution in [2.45, 2.75) is 31.6 Å². The molecule has 0 bridgehead atoms. The lowest BCUT2D eigenvalue weighted by Gasteiger charge is -2.33. The van der Waals surface area contributed by atoms with Crippen molar-refractivity contribution in [3.8, 4) is 22.3 Å². The van der Waals surface area contributed by atoms with E-state index >= 15 is 0 Å². The average Bonchev–Trinajstić information content (AvgIpc) is 3.36. The average molecular weight is 606 g/mol. The highest BCUT2D eigenvalue weighted by Gasteiger charge is 2.38. The van der Waals surface area contributed by atoms with Crippen LogP contribution in [-0.2, 0) is 5.41 Å². The second-order valence-corrected chi connectivity index (χ2v) is 13.2. The summed E-state index contributed by atoms with van der Waals surface area (Å²) in [6.07, 6.45) is -0.332. The van der Waals surface area contributed by atoms with E-state index in [9.17, 15) is 0 Å². The van der Waals surface area contributed by atoms with Gasteiger partial charge in [-0.3, -0.25) is 5.32 Å². The lowest BCUT2D eigenvalue weighted by atomic mass is 9.80. The van der Waals surface area contributed by atoms with Crippen LogP contribution in [0.4, 0.5) is 0 Å². The maximum atomic E-state index is 5.15. The third-order valence-corrected chi connectivity index (χ3v) is 10.2. The van der Waals surface area contributed by atoms with Gasteiger partial charge in [-0.2, -0.15) is 0 Å². The fourth-order valence-electron chi connectivity index (χ4n) is 7.85. The fourth-order valence-corrected chi connectivity index (χ4v) is 7.85. The Bertz CT molecular complexity index is 2340. The standard InChI is InChI=1S/C44H35N3/c1-44(2)37-24-14-13-23-36(37)40-38(44)27-30-19-9-10-20-31(30)39(40)34-25-26-35(33-22-12-11-21-32(33)34)43-46-41(28-15-5-3-6-16-28)45-42(47-43)29-17-7-4-8-18-29/h3-27,41,43,46H,1-2H3,(H,45,47). The number of amidine groups is 1. The molecule has 9 rings (SSSR count). The van der Waals surface area contributed by atoms with Crippen LogP contribution >= 0.6 is 0 Å². The maximum absolute atomic E-state index is 5.15. The first-order chi connectivity index (χ1) is 23.1. The highest BCUT2D eigenvalue weighted by atomic mass is 15.3. The zero-order valence-corrected chi connectivity index (χ0v) is 26.5. The van der Waals surface area contributed by atoms with E-state index in [1.165, 1.54) is 60.5 Å². The Morgan fingerprint density at radius 1 is 0.553 bits per heavy atom. The summed E-state index contributed by atoms with van der Waals surface area (Å²) in [6, 6.07) is 54.8. The van der Waals surface area contributed by atoms with Gasteiger partial charge in [0.15, 0.2) is 0 Å². The van der Waals surface area contributed by atoms with Crippen LogP contribution in [0.3, 0.4) is 0 Å². The number of fused-ring (bicyclic) bond motifs is 5. The van der Waals surface area contributed by atoms with E-state index in [2.05, 4.69) is 170 Å². The number of hydrogen-bond donors (Lipinski definition) is 2. The van der Waals surface area contributed by atoms with Gasteiger partial charge in [-0.1, -0.05) is 159 Å². The van der Waals surface area contributed by atoms with Crippen molar-refractivity contribution >= 4 is 27.4 Å². The molecule has 0 spiro atoms. The molecule has 2 N–H and O–H groups in total. The number of rotatable bonds is 4. The first-order valence-corrected chi connectivity index (χ1v) is 16.5. The van der Waals surface area contributed by atoms with Gasteiger partial charge in [0.25, 0.3) is 0 Å². The topological polar surface area (TPSA) is 36.4 Å². The van der Waals surface area contributed by atoms with Gasteiger partial charge in [0.05, 0.1) is 0 Å². The predicted molar refractivity (Wildman–Crippen MR) is 196 cm³/mol. The van der Waals surface area contributed by atoms with Crippen molar-refractivity contribution in [1.82, 2.24) is 10.6 Å². The fraction of sp³-hybridized carbons (Fsp3) is 0.114. The molecule has 2 atom stereocenters. The molecule has 47 heavy (non-hydrogen) atoms. The lowest BCUT2D eigenvalue weighted by molar-refractivity contribution is 0.411. The second-order valence-electron chi connectivity index (χ2n) is 13.2. The summed E-state index contributed by atoms with van der Waals surface area (Å²) in [5, 5.41) is 12.6. The van der Waals surface area contributed by atoms with E-state index in [1.54, 1.807) is 0 Å². The number of aliphatic imine (C=N–C) groups is 1. The molecule has 0 saturated carbocycles. The Labute approximate surface area is 275 Å². The number of nitrogens with zero attached hydrogens (tertiary/aromatic N) is 1. The molecule has 1 aliphatic heterocycles. The van der Waals surface area contributed by atoms with Crippen molar-refractivity contribution in [3.63, 3.8) is 0 Å². The molecule has 7 aromatic carbocycles. The summed E-state index contributed by atoms with van der Waals surface area (Å²) in [7, 11) is 0. The normalized spacial score (nSPS) is 18.0. The highest BCUT2D eigenvalue weighted by molar-refractivity contribution is 6.13. The summed E-state index contributed by atoms with van der Waals surface area (Å²) in [4.78, 5) is 5.15. The molecular weight excluding hydrogens is 571 g/mol. The minimum Gasteiger partial charge on any atom is -0.350 e. The van der Waals surface area contributed by atoms with E-state index in [1.807, 2.05) is 6.07 Å². The van der Waals surface area contributed by atoms with Gasteiger partial charge in [0.2, 0.25) is 0 Å². The smallest absolute Gasteiger partial charge is 0.131 e. The molecule has 0 fully saturated rings. The van der Waals surface area contributed by atoms with Gasteiger partial charge in [-0.15, -0.1) is 0 Å². The number of hydrogen-bond acceptors (Lipinski definition) is 3. The van der Waals surface area contributed by atoms with Crippen molar-refractivity contribution < 1.29 is 0 Å². The van der Waals surface area contributed by atoms with E-state index < -0.39 is 0 Å². The Balaban J connectivity index is 1.26. The SMILES string of the molecule is CC1(C)c2ccccc2-c2c1cc1ccccc1c2-c1ccc(C2NC(c3ccccc3)=NC(c3ccccc3)N2)c2ccccc12. The van der Waals surface area contributed by atoms with Gasteiger partial charge < -0.3 is 5.32 Å². The number of benzene rings is 7. The Kier molecular flexibility index (Phi) is 6.38. The second kappa shape index (κ2) is 10.8. The van der Waals surface area contributed by atoms with E-state index in [0.29, 0.717) is 0 Å². The molecule has 3 nitrogen and oxygen atoms in total. The van der Waals surface area contributed by atoms with E-state index in [-0.39, 0.29) is 17.7 Å². The molecule has 2 unspecified atom stereocenters. The third kappa shape index (κ3) is 4.42. The van der Waals surface area contributed by atoms with Gasteiger partial charge in [0.1, 0.15) is 18.2 Å². The summed E-state index contributed by atoms with van der Waals surface area (Å²) in [6.45, 7) is 4.74. The minimum absolute atomic E-state index is 0.0873. The van der Waals surface area contributed by atoms with Crippen LogP contribution in [0.1, 0.15) is 54.0 Å². The van der Waals surface area contributed by atoms with Crippen LogP contribution in [-0.4, -0.2) is 5.84 Å². The summed E-state index contributed by atoms with van der Waals surface area (Å²) >= 11 is 0. The predicted octanol–water partition coefficient (Wildman–Crippen LogP) is 10.3. The molecule has 1 aliphatic carbocycles. The zero-order valence-electron chi connectivity index (χ0n) is 26.5. The van der Waals surface area contributed by atoms with Crippen LogP contribution in [0.2, 0.25) is 0 Å². The van der Waals surface area contributed by atoms with Crippen molar-refractivity contribution in [3.05, 3.63) is 179 Å². The van der Waals surface area contributed by atoms with Crippen LogP contribution in [0.25, 0.3) is 43.8 Å². The largest absolute Gasteiger partial charge is 0.350 e. The third-order valence-electron chi connectivity index (χ3n) is 10.2. The monoisotopic (exact) mass is 605 g/mol. The van der Waals surface area contributed by atoms with Crippen molar-refractivity contribution in [2.75, 3.05) is 0 Å². The van der Waals surface area contributed by atoms with E-state index in [0.717, 1.165) is 17.0 Å². The molecule has 1 heterocycles. The highest BCUT2D eigenvalue weighted by Crippen LogP contribution is 2.55. The van der Waals surface area contributed by atoms with Gasteiger partial charge in [-0.25, -0.2) is 4.99 Å². The summed E-state index contributed by atoms with van der Waals surface area (Å²) < 4.78 is 0. The molecule has 226 valence electrons. The van der Waals surface area contributed by atoms with E-state index in [4.69, 9.17) is 4.99 Å². The van der Waals surface area contributed by atoms with Crippen molar-refractivity contribution in [2.24, 2.45) is 4.99 Å². The maximum Gasteiger partial charge on any atom is 0.131 e. The molecule has 0 aromatic heterocycles. The quantitative estimate of drug-likeness (QED) is 0.209. The van der Waals surface area contributed by atoms with Crippen LogP contribution in [0, 0.1) is 0 Å². The molecule has 0 saturated heterocycles. The van der Waals surface area contributed by atoms with Gasteiger partial charge in [-0.05, 0) is 72.1 Å². The van der Waals surface area contributed by atoms with Crippen LogP contribution < -0.4 is 10.6 Å². The number of nitrogens with one attached hydrogen (secondary N) is 2. The first kappa shape index (κ1) is 27.8. The summed E-state index contributed by atoms with van der Waals surface area (Å²) in [5.41, 5.74) is 11.4. The summed E-state index contributed by atoms with van der Waals surface area (Å²) in [5.74, 6) is 0.891. The van der Waals surface area contributed by atoms with Crippen LogP contribution in [0.15, 0.2) is 157 Å². The Morgan fingerprint density at radius 3 is 2.02 bits per heavy atom. The van der Waals surface area contributed by atoms with Gasteiger partial charge in [0, 0.05) is 11.0 Å². The Hall–Kier alpha value is -5.51. The molecule has 2 aliphatic rings. The van der Waals surface area contributed by atoms with Gasteiger partial charge >= 0.3 is 0 Å². The zero-order chi connectivity index (χ0) is 31.5. The van der Waals surface area contributed by atoms with Crippen LogP contribution in [0.5, 0.6) is 0 Å². The molecule has 7 aromatic rings. The molecule has 0 amide bonds. The first-order valence-electron chi connectivity index (χ1n) is 16.5. The van der Waals surface area contributed by atoms with Crippen molar-refractivity contribution in [1.29, 1.82) is 0 Å². The molecule has 3 heteroatoms. The molecule has 0 radical (unpaired) electrons. The molecular formula is C44H35N3.